The van der Waals surface area contributed by atoms with Gasteiger partial charge in [0.2, 0.25) is 5.91 Å². The molecular weight excluding hydrogens is 320 g/mol. The molecule has 1 aliphatic carbocycles. The predicted octanol–water partition coefficient (Wildman–Crippen LogP) is 1.51. The molecule has 1 aromatic rings. The summed E-state index contributed by atoms with van der Waals surface area (Å²) in [6.45, 7) is 4.88. The summed E-state index contributed by atoms with van der Waals surface area (Å²) in [4.78, 5) is 31.6. The molecule has 0 aromatic carbocycles. The van der Waals surface area contributed by atoms with Gasteiger partial charge < -0.3 is 14.6 Å². The van der Waals surface area contributed by atoms with Crippen LogP contribution in [0.15, 0.2) is 12.5 Å². The van der Waals surface area contributed by atoms with E-state index in [1.807, 2.05) is 12.5 Å². The predicted molar refractivity (Wildman–Crippen MR) is 90.9 cm³/mol. The summed E-state index contributed by atoms with van der Waals surface area (Å²) in [5.74, 6) is -0.997. The zero-order chi connectivity index (χ0) is 17.6. The van der Waals surface area contributed by atoms with E-state index in [4.69, 9.17) is 0 Å². The molecular formula is C18H26N4O3. The molecule has 1 aromatic heterocycles. The number of rotatable bonds is 4. The van der Waals surface area contributed by atoms with Crippen LogP contribution in [0, 0.1) is 5.41 Å². The zero-order valence-corrected chi connectivity index (χ0v) is 14.7. The van der Waals surface area contributed by atoms with Crippen molar-refractivity contribution < 1.29 is 14.7 Å². The molecule has 7 nitrogen and oxygen atoms in total. The van der Waals surface area contributed by atoms with Gasteiger partial charge in [-0.1, -0.05) is 0 Å². The van der Waals surface area contributed by atoms with Gasteiger partial charge in [-0.05, 0) is 50.6 Å². The minimum atomic E-state index is -0.872. The van der Waals surface area contributed by atoms with E-state index in [0.717, 1.165) is 32.5 Å². The van der Waals surface area contributed by atoms with Crippen molar-refractivity contribution in [3.63, 3.8) is 0 Å². The Labute approximate surface area is 147 Å². The molecule has 0 bridgehead atoms. The standard InChI is InChI=1S/C18H26N4O3/c1-13(23)21-11-18(8-16(21)17(24)25)4-6-20(7-5-18)10-15-9-19-12-22(15)14-2-3-14/h9,12,14,16H,2-8,10-11H2,1H3,(H,24,25). The van der Waals surface area contributed by atoms with E-state index in [1.54, 1.807) is 4.90 Å². The summed E-state index contributed by atoms with van der Waals surface area (Å²) in [7, 11) is 0. The van der Waals surface area contributed by atoms with Gasteiger partial charge in [0.1, 0.15) is 6.04 Å². The molecule has 1 spiro atoms. The van der Waals surface area contributed by atoms with Crippen LogP contribution >= 0.6 is 0 Å². The molecule has 0 radical (unpaired) electrons. The Morgan fingerprint density at radius 2 is 2.04 bits per heavy atom. The van der Waals surface area contributed by atoms with Gasteiger partial charge in [-0.2, -0.15) is 0 Å². The zero-order valence-electron chi connectivity index (χ0n) is 14.7. The number of likely N-dealkylation sites (tertiary alicyclic amines) is 2. The van der Waals surface area contributed by atoms with Crippen molar-refractivity contribution in [2.45, 2.75) is 57.7 Å². The second-order valence-electron chi connectivity index (χ2n) is 8.00. The molecule has 136 valence electrons. The molecule has 1 amide bonds. The molecule has 3 heterocycles. The quantitative estimate of drug-likeness (QED) is 0.894. The Morgan fingerprint density at radius 1 is 1.32 bits per heavy atom. The number of aromatic nitrogens is 2. The third-order valence-corrected chi connectivity index (χ3v) is 6.19. The molecule has 1 saturated carbocycles. The van der Waals surface area contributed by atoms with Gasteiger partial charge in [-0.25, -0.2) is 9.78 Å². The maximum atomic E-state index is 11.8. The number of piperidine rings is 1. The van der Waals surface area contributed by atoms with E-state index in [0.29, 0.717) is 19.0 Å². The summed E-state index contributed by atoms with van der Waals surface area (Å²) in [5.41, 5.74) is 1.25. The lowest BCUT2D eigenvalue weighted by Gasteiger charge is -2.39. The summed E-state index contributed by atoms with van der Waals surface area (Å²) >= 11 is 0. The number of nitrogens with zero attached hydrogens (tertiary/aromatic N) is 4. The van der Waals surface area contributed by atoms with Crippen molar-refractivity contribution in [2.24, 2.45) is 5.41 Å². The number of carbonyl (C=O) groups is 2. The minimum Gasteiger partial charge on any atom is -0.480 e. The highest BCUT2D eigenvalue weighted by Gasteiger charge is 2.49. The first kappa shape index (κ1) is 16.6. The average molecular weight is 346 g/mol. The summed E-state index contributed by atoms with van der Waals surface area (Å²) in [5, 5.41) is 9.44. The van der Waals surface area contributed by atoms with Crippen LogP contribution in [0.25, 0.3) is 0 Å². The van der Waals surface area contributed by atoms with Gasteiger partial charge in [-0.3, -0.25) is 9.69 Å². The van der Waals surface area contributed by atoms with Gasteiger partial charge in [-0.15, -0.1) is 0 Å². The SMILES string of the molecule is CC(=O)N1CC2(CCN(Cc3cncn3C3CC3)CC2)CC1C(=O)O. The first-order valence-corrected chi connectivity index (χ1v) is 9.20. The van der Waals surface area contributed by atoms with Gasteiger partial charge in [0, 0.05) is 32.3 Å². The van der Waals surface area contributed by atoms with Crippen LogP contribution in [0.3, 0.4) is 0 Å². The van der Waals surface area contributed by atoms with Crippen LogP contribution in [0.1, 0.15) is 50.8 Å². The fourth-order valence-corrected chi connectivity index (χ4v) is 4.52. The Balaban J connectivity index is 1.38. The van der Waals surface area contributed by atoms with Gasteiger partial charge in [0.25, 0.3) is 0 Å². The second-order valence-corrected chi connectivity index (χ2v) is 8.00. The number of hydrogen-bond donors (Lipinski definition) is 1. The summed E-state index contributed by atoms with van der Waals surface area (Å²) in [6, 6.07) is -0.00994. The molecule has 7 heteroatoms. The third kappa shape index (κ3) is 3.17. The molecule has 2 saturated heterocycles. The van der Waals surface area contributed by atoms with E-state index in [-0.39, 0.29) is 11.3 Å². The first-order chi connectivity index (χ1) is 12.0. The number of carboxylic acids is 1. The number of carboxylic acid groups (broad SMARTS) is 1. The Kier molecular flexibility index (Phi) is 4.06. The molecule has 3 fully saturated rings. The topological polar surface area (TPSA) is 78.7 Å². The Bertz CT molecular complexity index is 650. The fourth-order valence-electron chi connectivity index (χ4n) is 4.52. The van der Waals surface area contributed by atoms with E-state index >= 15 is 0 Å². The summed E-state index contributed by atoms with van der Waals surface area (Å²) in [6.07, 6.45) is 8.92. The molecule has 4 rings (SSSR count). The lowest BCUT2D eigenvalue weighted by molar-refractivity contribution is -0.147. The van der Waals surface area contributed by atoms with Crippen LogP contribution in [-0.2, 0) is 16.1 Å². The third-order valence-electron chi connectivity index (χ3n) is 6.19. The summed E-state index contributed by atoms with van der Waals surface area (Å²) < 4.78 is 2.30. The maximum Gasteiger partial charge on any atom is 0.326 e. The highest BCUT2D eigenvalue weighted by molar-refractivity contribution is 5.83. The monoisotopic (exact) mass is 346 g/mol. The van der Waals surface area contributed by atoms with E-state index in [1.165, 1.54) is 25.5 Å². The number of hydrogen-bond acceptors (Lipinski definition) is 4. The van der Waals surface area contributed by atoms with E-state index in [2.05, 4.69) is 14.5 Å². The van der Waals surface area contributed by atoms with Crippen LogP contribution in [-0.4, -0.2) is 62.0 Å². The minimum absolute atomic E-state index is 0.0258. The van der Waals surface area contributed by atoms with Crippen molar-refractivity contribution >= 4 is 11.9 Å². The van der Waals surface area contributed by atoms with Crippen LogP contribution < -0.4 is 0 Å². The normalized spacial score (nSPS) is 26.3. The van der Waals surface area contributed by atoms with Gasteiger partial charge in [0.05, 0.1) is 12.0 Å². The molecule has 25 heavy (non-hydrogen) atoms. The van der Waals surface area contributed by atoms with Crippen molar-refractivity contribution in [3.05, 3.63) is 18.2 Å². The van der Waals surface area contributed by atoms with Crippen LogP contribution in [0.5, 0.6) is 0 Å². The highest BCUT2D eigenvalue weighted by Crippen LogP contribution is 2.44. The lowest BCUT2D eigenvalue weighted by atomic mass is 9.76. The molecule has 1 N–H and O–H groups in total. The first-order valence-electron chi connectivity index (χ1n) is 9.20. The van der Waals surface area contributed by atoms with Crippen molar-refractivity contribution in [1.82, 2.24) is 19.4 Å². The molecule has 3 aliphatic rings. The van der Waals surface area contributed by atoms with E-state index < -0.39 is 12.0 Å². The fraction of sp³-hybridized carbons (Fsp3) is 0.722. The number of amides is 1. The molecule has 1 unspecified atom stereocenters. The van der Waals surface area contributed by atoms with Crippen molar-refractivity contribution in [2.75, 3.05) is 19.6 Å². The molecule has 1 atom stereocenters. The van der Waals surface area contributed by atoms with Crippen LogP contribution in [0.2, 0.25) is 0 Å². The van der Waals surface area contributed by atoms with Gasteiger partial charge in [0.15, 0.2) is 0 Å². The number of aliphatic carboxylic acids is 1. The Morgan fingerprint density at radius 3 is 2.60 bits per heavy atom. The van der Waals surface area contributed by atoms with Crippen molar-refractivity contribution in [3.8, 4) is 0 Å². The smallest absolute Gasteiger partial charge is 0.326 e. The average Bonchev–Trinajstić information content (AvgIpc) is 3.19. The highest BCUT2D eigenvalue weighted by atomic mass is 16.4. The van der Waals surface area contributed by atoms with Gasteiger partial charge >= 0.3 is 5.97 Å². The van der Waals surface area contributed by atoms with Crippen LogP contribution in [0.4, 0.5) is 0 Å². The second kappa shape index (κ2) is 6.12. The number of carbonyl (C=O) groups excluding carboxylic acids is 1. The Hall–Kier alpha value is -1.89. The number of imidazole rings is 1. The molecule has 2 aliphatic heterocycles. The maximum absolute atomic E-state index is 11.8. The largest absolute Gasteiger partial charge is 0.480 e. The van der Waals surface area contributed by atoms with E-state index in [9.17, 15) is 14.7 Å². The van der Waals surface area contributed by atoms with Crippen molar-refractivity contribution in [1.29, 1.82) is 0 Å². The lowest BCUT2D eigenvalue weighted by Crippen LogP contribution is -2.42.